The molecule has 4 aromatic carbocycles. The fourth-order valence-corrected chi connectivity index (χ4v) is 5.28. The van der Waals surface area contributed by atoms with E-state index in [1.165, 1.54) is 12.1 Å². The summed E-state index contributed by atoms with van der Waals surface area (Å²) in [6.45, 7) is 0. The molecule has 0 spiro atoms. The molecule has 0 fully saturated rings. The normalized spacial score (nSPS) is 13.1. The Morgan fingerprint density at radius 1 is 0.500 bits per heavy atom. The van der Waals surface area contributed by atoms with E-state index < -0.39 is 11.8 Å². The maximum atomic E-state index is 13.8. The van der Waals surface area contributed by atoms with Gasteiger partial charge in [0.15, 0.2) is 0 Å². The Balaban J connectivity index is 1.76. The summed E-state index contributed by atoms with van der Waals surface area (Å²) in [7, 11) is 0. The number of halogens is 4. The summed E-state index contributed by atoms with van der Waals surface area (Å²) >= 11 is 25.3. The average Bonchev–Trinajstić information content (AvgIpc) is 3.31. The highest BCUT2D eigenvalue weighted by Crippen LogP contribution is 2.44. The van der Waals surface area contributed by atoms with Gasteiger partial charge in [-0.1, -0.05) is 107 Å². The van der Waals surface area contributed by atoms with Crippen LogP contribution in [0.1, 0.15) is 20.7 Å². The second-order valence-corrected chi connectivity index (χ2v) is 9.92. The third-order valence-electron chi connectivity index (χ3n) is 6.19. The van der Waals surface area contributed by atoms with Crippen LogP contribution < -0.4 is 5.01 Å². The second kappa shape index (κ2) is 8.68. The Hall–Kier alpha value is -3.28. The van der Waals surface area contributed by atoms with Crippen molar-refractivity contribution in [1.29, 1.82) is 0 Å². The molecule has 1 aromatic heterocycles. The summed E-state index contributed by atoms with van der Waals surface area (Å²) in [5.74, 6) is -1.03. The molecule has 0 unspecified atom stereocenters. The van der Waals surface area contributed by atoms with Gasteiger partial charge < -0.3 is 0 Å². The van der Waals surface area contributed by atoms with E-state index in [4.69, 9.17) is 46.4 Å². The first-order chi connectivity index (χ1) is 17.4. The molecule has 1 aliphatic heterocycles. The highest BCUT2D eigenvalue weighted by atomic mass is 35.5. The molecular formula is C28H14Cl4N2O2. The van der Waals surface area contributed by atoms with Gasteiger partial charge in [0.1, 0.15) is 0 Å². The number of hydrogen-bond acceptors (Lipinski definition) is 2. The first-order valence-electron chi connectivity index (χ1n) is 10.9. The Morgan fingerprint density at radius 3 is 1.25 bits per heavy atom. The predicted octanol–water partition coefficient (Wildman–Crippen LogP) is 8.52. The number of hydrogen-bond donors (Lipinski definition) is 0. The predicted molar refractivity (Wildman–Crippen MR) is 146 cm³/mol. The molecule has 176 valence electrons. The van der Waals surface area contributed by atoms with E-state index >= 15 is 0 Å². The monoisotopic (exact) mass is 550 g/mol. The number of benzene rings is 4. The van der Waals surface area contributed by atoms with Crippen LogP contribution in [0.3, 0.4) is 0 Å². The van der Waals surface area contributed by atoms with Gasteiger partial charge >= 0.3 is 0 Å². The first-order valence-corrected chi connectivity index (χ1v) is 12.4. The molecule has 6 rings (SSSR count). The number of aromatic nitrogens is 1. The van der Waals surface area contributed by atoms with Crippen molar-refractivity contribution in [3.63, 3.8) is 0 Å². The maximum Gasteiger partial charge on any atom is 0.281 e. The number of carbonyl (C=O) groups is 2. The fraction of sp³-hybridized carbons (Fsp3) is 0. The largest absolute Gasteiger partial charge is 0.281 e. The van der Waals surface area contributed by atoms with E-state index in [-0.39, 0.29) is 21.2 Å². The molecule has 8 heteroatoms. The number of carbonyl (C=O) groups excluding carboxylic acids is 2. The highest BCUT2D eigenvalue weighted by Gasteiger charge is 2.41. The quantitative estimate of drug-likeness (QED) is 0.211. The summed E-state index contributed by atoms with van der Waals surface area (Å²) in [6.07, 6.45) is 0. The molecular weight excluding hydrogens is 538 g/mol. The molecule has 0 radical (unpaired) electrons. The minimum atomic E-state index is -0.513. The Morgan fingerprint density at radius 2 is 0.861 bits per heavy atom. The highest BCUT2D eigenvalue weighted by molar-refractivity contribution is 6.44. The van der Waals surface area contributed by atoms with Crippen molar-refractivity contribution >= 4 is 69.0 Å². The molecule has 2 heterocycles. The lowest BCUT2D eigenvalue weighted by atomic mass is 10.0. The molecule has 4 nitrogen and oxygen atoms in total. The summed E-state index contributed by atoms with van der Waals surface area (Å²) in [5, 5.41) is 3.72. The lowest BCUT2D eigenvalue weighted by Gasteiger charge is -2.22. The molecule has 0 aliphatic carbocycles. The third kappa shape index (κ3) is 3.45. The van der Waals surface area contributed by atoms with Gasteiger partial charge in [-0.05, 0) is 24.3 Å². The smallest absolute Gasteiger partial charge is 0.267 e. The average molecular weight is 552 g/mol. The summed E-state index contributed by atoms with van der Waals surface area (Å²) in [4.78, 5) is 27.6. The van der Waals surface area contributed by atoms with Crippen LogP contribution in [0.15, 0.2) is 84.9 Å². The Bertz CT molecular complexity index is 1590. The topological polar surface area (TPSA) is 42.3 Å². The molecule has 1 aliphatic rings. The Kier molecular flexibility index (Phi) is 5.58. The van der Waals surface area contributed by atoms with Gasteiger partial charge in [-0.15, -0.1) is 0 Å². The molecule has 0 N–H and O–H groups in total. The lowest BCUT2D eigenvalue weighted by Crippen LogP contribution is -2.40. The molecule has 0 atom stereocenters. The van der Waals surface area contributed by atoms with Crippen molar-refractivity contribution in [2.75, 3.05) is 5.01 Å². The SMILES string of the molecule is O=C1c2cc(Cl)c(Cl)cc2C(=O)N1n1c(-c2ccccc2)c2cc(Cl)c(Cl)cc2c1-c1ccccc1. The minimum Gasteiger partial charge on any atom is -0.267 e. The van der Waals surface area contributed by atoms with E-state index in [1.54, 1.807) is 16.8 Å². The van der Waals surface area contributed by atoms with Crippen LogP contribution in [0.5, 0.6) is 0 Å². The van der Waals surface area contributed by atoms with Gasteiger partial charge in [-0.2, -0.15) is 5.01 Å². The minimum absolute atomic E-state index is 0.182. The zero-order valence-corrected chi connectivity index (χ0v) is 21.3. The number of amides is 2. The van der Waals surface area contributed by atoms with Crippen LogP contribution >= 0.6 is 46.4 Å². The number of nitrogens with zero attached hydrogens (tertiary/aromatic N) is 2. The molecule has 36 heavy (non-hydrogen) atoms. The van der Waals surface area contributed by atoms with Gasteiger partial charge in [0, 0.05) is 21.9 Å². The van der Waals surface area contributed by atoms with Crippen LogP contribution in [0.2, 0.25) is 20.1 Å². The van der Waals surface area contributed by atoms with Crippen molar-refractivity contribution in [2.24, 2.45) is 0 Å². The van der Waals surface area contributed by atoms with Crippen LogP contribution in [0, 0.1) is 0 Å². The van der Waals surface area contributed by atoms with Crippen molar-refractivity contribution in [3.8, 4) is 22.5 Å². The molecule has 0 saturated heterocycles. The molecule has 5 aromatic rings. The molecule has 2 amide bonds. The fourth-order valence-electron chi connectivity index (χ4n) is 4.63. The van der Waals surface area contributed by atoms with Gasteiger partial charge in [0.05, 0.1) is 42.6 Å². The van der Waals surface area contributed by atoms with E-state index in [1.807, 2.05) is 60.7 Å². The van der Waals surface area contributed by atoms with Crippen LogP contribution in [-0.2, 0) is 0 Å². The zero-order chi connectivity index (χ0) is 25.1. The van der Waals surface area contributed by atoms with Gasteiger partial charge in [0.2, 0.25) is 0 Å². The van der Waals surface area contributed by atoms with E-state index in [9.17, 15) is 9.59 Å². The number of rotatable bonds is 3. The van der Waals surface area contributed by atoms with Crippen molar-refractivity contribution in [1.82, 2.24) is 4.68 Å². The van der Waals surface area contributed by atoms with Crippen molar-refractivity contribution in [3.05, 3.63) is 116 Å². The summed E-state index contributed by atoms with van der Waals surface area (Å²) in [5.41, 5.74) is 3.18. The summed E-state index contributed by atoms with van der Waals surface area (Å²) in [6, 6.07) is 25.4. The standard InChI is InChI=1S/C28H14Cl4N2O2/c29-21-11-17-18(12-22(21)30)26(16-9-5-2-6-10-16)33(25(17)15-7-3-1-4-8-15)34-27(35)19-13-23(31)24(32)14-20(19)28(34)36/h1-14H. The first kappa shape index (κ1) is 23.1. The second-order valence-electron chi connectivity index (χ2n) is 8.29. The van der Waals surface area contributed by atoms with Gasteiger partial charge in [-0.3, -0.25) is 9.59 Å². The van der Waals surface area contributed by atoms with E-state index in [0.717, 1.165) is 26.9 Å². The van der Waals surface area contributed by atoms with Crippen molar-refractivity contribution < 1.29 is 9.59 Å². The number of imide groups is 1. The van der Waals surface area contributed by atoms with Gasteiger partial charge in [0.25, 0.3) is 11.8 Å². The van der Waals surface area contributed by atoms with Gasteiger partial charge in [-0.25, -0.2) is 4.68 Å². The molecule has 0 saturated carbocycles. The van der Waals surface area contributed by atoms with Crippen LogP contribution in [0.4, 0.5) is 0 Å². The Labute approximate surface area is 226 Å². The zero-order valence-electron chi connectivity index (χ0n) is 18.3. The van der Waals surface area contributed by atoms with E-state index in [0.29, 0.717) is 21.4 Å². The lowest BCUT2D eigenvalue weighted by molar-refractivity contribution is 0.0888. The summed E-state index contributed by atoms with van der Waals surface area (Å²) < 4.78 is 1.65. The van der Waals surface area contributed by atoms with Crippen LogP contribution in [0.25, 0.3) is 33.3 Å². The third-order valence-corrected chi connectivity index (χ3v) is 7.64. The van der Waals surface area contributed by atoms with E-state index in [2.05, 4.69) is 0 Å². The van der Waals surface area contributed by atoms with Crippen molar-refractivity contribution in [2.45, 2.75) is 0 Å². The molecule has 0 bridgehead atoms. The number of fused-ring (bicyclic) bond motifs is 2. The maximum absolute atomic E-state index is 13.8. The van der Waals surface area contributed by atoms with Crippen LogP contribution in [-0.4, -0.2) is 16.5 Å².